The zero-order chi connectivity index (χ0) is 13.1. The molecule has 1 amide bonds. The van der Waals surface area contributed by atoms with E-state index in [1.54, 1.807) is 6.20 Å². The van der Waals surface area contributed by atoms with Crippen LogP contribution in [0.1, 0.15) is 43.7 Å². The number of carbonyl (C=O) groups is 1. The SMILES string of the molecule is CCc1c(C(=O)NCCN)cnn1C(C)(C)C.Cl. The van der Waals surface area contributed by atoms with Gasteiger partial charge in [-0.3, -0.25) is 9.48 Å². The fourth-order valence-electron chi connectivity index (χ4n) is 1.76. The Kier molecular flexibility index (Phi) is 6.35. The second kappa shape index (κ2) is 6.75. The fraction of sp³-hybridized carbons (Fsp3) is 0.667. The van der Waals surface area contributed by atoms with Crippen molar-refractivity contribution in [3.8, 4) is 0 Å². The highest BCUT2D eigenvalue weighted by atomic mass is 35.5. The van der Waals surface area contributed by atoms with Gasteiger partial charge in [0.2, 0.25) is 0 Å². The van der Waals surface area contributed by atoms with E-state index in [2.05, 4.69) is 31.2 Å². The molecule has 0 bridgehead atoms. The van der Waals surface area contributed by atoms with Gasteiger partial charge in [-0.2, -0.15) is 5.10 Å². The number of rotatable bonds is 4. The Hall–Kier alpha value is -1.07. The highest BCUT2D eigenvalue weighted by molar-refractivity contribution is 5.95. The molecule has 1 aromatic rings. The lowest BCUT2D eigenvalue weighted by atomic mass is 10.1. The molecule has 0 unspecified atom stereocenters. The quantitative estimate of drug-likeness (QED) is 0.869. The first kappa shape index (κ1) is 16.9. The molecule has 6 heteroatoms. The van der Waals surface area contributed by atoms with Crippen LogP contribution in [-0.2, 0) is 12.0 Å². The third-order valence-corrected chi connectivity index (χ3v) is 2.51. The molecule has 0 radical (unpaired) electrons. The van der Waals surface area contributed by atoms with Crippen LogP contribution in [-0.4, -0.2) is 28.8 Å². The number of hydrogen-bond donors (Lipinski definition) is 2. The molecular formula is C12H23ClN4O. The molecule has 0 saturated carbocycles. The van der Waals surface area contributed by atoms with Crippen molar-refractivity contribution in [2.75, 3.05) is 13.1 Å². The van der Waals surface area contributed by atoms with E-state index in [0.29, 0.717) is 18.7 Å². The second-order valence-electron chi connectivity index (χ2n) is 4.99. The van der Waals surface area contributed by atoms with Crippen molar-refractivity contribution in [2.45, 2.75) is 39.7 Å². The van der Waals surface area contributed by atoms with E-state index in [0.717, 1.165) is 12.1 Å². The third-order valence-electron chi connectivity index (χ3n) is 2.51. The Morgan fingerprint density at radius 1 is 1.50 bits per heavy atom. The molecule has 1 aromatic heterocycles. The standard InChI is InChI=1S/C12H22N4O.ClH/c1-5-10-9(11(17)14-7-6-13)8-15-16(10)12(2,3)4;/h8H,5-7,13H2,1-4H3,(H,14,17);1H. The van der Waals surface area contributed by atoms with Crippen molar-refractivity contribution in [2.24, 2.45) is 5.73 Å². The lowest BCUT2D eigenvalue weighted by Crippen LogP contribution is -2.30. The van der Waals surface area contributed by atoms with E-state index in [1.807, 2.05) is 11.6 Å². The maximum atomic E-state index is 11.9. The molecule has 1 rings (SSSR count). The van der Waals surface area contributed by atoms with Crippen LogP contribution in [0.5, 0.6) is 0 Å². The number of nitrogens with zero attached hydrogens (tertiary/aromatic N) is 2. The largest absolute Gasteiger partial charge is 0.351 e. The van der Waals surface area contributed by atoms with Crippen LogP contribution >= 0.6 is 12.4 Å². The normalized spacial score (nSPS) is 10.9. The first-order valence-corrected chi connectivity index (χ1v) is 5.97. The molecule has 5 nitrogen and oxygen atoms in total. The van der Waals surface area contributed by atoms with Gasteiger partial charge in [-0.1, -0.05) is 6.92 Å². The Balaban J connectivity index is 0.00000289. The van der Waals surface area contributed by atoms with Crippen LogP contribution in [0.15, 0.2) is 6.20 Å². The molecular weight excluding hydrogens is 252 g/mol. The van der Waals surface area contributed by atoms with Crippen LogP contribution in [0, 0.1) is 0 Å². The van der Waals surface area contributed by atoms with Gasteiger partial charge in [0.25, 0.3) is 5.91 Å². The molecule has 0 fully saturated rings. The maximum Gasteiger partial charge on any atom is 0.254 e. The van der Waals surface area contributed by atoms with Gasteiger partial charge in [-0.05, 0) is 27.2 Å². The van der Waals surface area contributed by atoms with Crippen molar-refractivity contribution >= 4 is 18.3 Å². The maximum absolute atomic E-state index is 11.9. The lowest BCUT2D eigenvalue weighted by molar-refractivity contribution is 0.0953. The first-order valence-electron chi connectivity index (χ1n) is 5.97. The van der Waals surface area contributed by atoms with Gasteiger partial charge in [0.1, 0.15) is 0 Å². The van der Waals surface area contributed by atoms with Crippen LogP contribution in [0.25, 0.3) is 0 Å². The number of carbonyl (C=O) groups excluding carboxylic acids is 1. The zero-order valence-corrected chi connectivity index (χ0v) is 12.3. The van der Waals surface area contributed by atoms with E-state index in [1.165, 1.54) is 0 Å². The van der Waals surface area contributed by atoms with Gasteiger partial charge in [-0.25, -0.2) is 0 Å². The average Bonchev–Trinajstić information content (AvgIpc) is 2.68. The zero-order valence-electron chi connectivity index (χ0n) is 11.5. The van der Waals surface area contributed by atoms with Crippen LogP contribution < -0.4 is 11.1 Å². The average molecular weight is 275 g/mol. The predicted molar refractivity (Wildman–Crippen MR) is 75.2 cm³/mol. The monoisotopic (exact) mass is 274 g/mol. The number of aromatic nitrogens is 2. The van der Waals surface area contributed by atoms with Crippen molar-refractivity contribution in [1.29, 1.82) is 0 Å². The topological polar surface area (TPSA) is 72.9 Å². The summed E-state index contributed by atoms with van der Waals surface area (Å²) in [5.74, 6) is -0.0946. The molecule has 0 atom stereocenters. The summed E-state index contributed by atoms with van der Waals surface area (Å²) in [4.78, 5) is 11.9. The molecule has 0 aliphatic rings. The lowest BCUT2D eigenvalue weighted by Gasteiger charge is -2.22. The molecule has 104 valence electrons. The molecule has 1 heterocycles. The first-order chi connectivity index (χ1) is 7.91. The van der Waals surface area contributed by atoms with Crippen LogP contribution in [0.3, 0.4) is 0 Å². The van der Waals surface area contributed by atoms with Gasteiger partial charge >= 0.3 is 0 Å². The van der Waals surface area contributed by atoms with Crippen molar-refractivity contribution < 1.29 is 4.79 Å². The van der Waals surface area contributed by atoms with Gasteiger partial charge < -0.3 is 11.1 Å². The highest BCUT2D eigenvalue weighted by Gasteiger charge is 2.22. The molecule has 0 spiro atoms. The van der Waals surface area contributed by atoms with E-state index in [9.17, 15) is 4.79 Å². The number of hydrogen-bond acceptors (Lipinski definition) is 3. The van der Waals surface area contributed by atoms with Crippen molar-refractivity contribution in [3.63, 3.8) is 0 Å². The van der Waals surface area contributed by atoms with Gasteiger partial charge in [0.15, 0.2) is 0 Å². The summed E-state index contributed by atoms with van der Waals surface area (Å²) in [5.41, 5.74) is 6.86. The molecule has 0 saturated heterocycles. The molecule has 0 aliphatic carbocycles. The summed E-state index contributed by atoms with van der Waals surface area (Å²) in [7, 11) is 0. The minimum atomic E-state index is -0.113. The number of halogens is 1. The van der Waals surface area contributed by atoms with E-state index < -0.39 is 0 Å². The number of nitrogens with two attached hydrogens (primary N) is 1. The predicted octanol–water partition coefficient (Wildman–Crippen LogP) is 1.31. The molecule has 18 heavy (non-hydrogen) atoms. The van der Waals surface area contributed by atoms with Crippen LogP contribution in [0.4, 0.5) is 0 Å². The van der Waals surface area contributed by atoms with Crippen LogP contribution in [0.2, 0.25) is 0 Å². The fourth-order valence-corrected chi connectivity index (χ4v) is 1.76. The minimum absolute atomic E-state index is 0. The summed E-state index contributed by atoms with van der Waals surface area (Å²) in [6, 6.07) is 0. The number of amides is 1. The molecule has 3 N–H and O–H groups in total. The third kappa shape index (κ3) is 3.71. The van der Waals surface area contributed by atoms with Gasteiger partial charge in [0.05, 0.1) is 23.0 Å². The van der Waals surface area contributed by atoms with Crippen molar-refractivity contribution in [3.05, 3.63) is 17.5 Å². The highest BCUT2D eigenvalue weighted by Crippen LogP contribution is 2.19. The molecule has 0 aliphatic heterocycles. The Morgan fingerprint density at radius 3 is 2.56 bits per heavy atom. The van der Waals surface area contributed by atoms with Gasteiger partial charge in [0, 0.05) is 13.1 Å². The Bertz CT molecular complexity index is 395. The van der Waals surface area contributed by atoms with E-state index in [-0.39, 0.29) is 23.9 Å². The van der Waals surface area contributed by atoms with Gasteiger partial charge in [-0.15, -0.1) is 12.4 Å². The Morgan fingerprint density at radius 2 is 2.11 bits per heavy atom. The summed E-state index contributed by atoms with van der Waals surface area (Å²) < 4.78 is 1.91. The Labute approximate surface area is 115 Å². The van der Waals surface area contributed by atoms with Crippen molar-refractivity contribution in [1.82, 2.24) is 15.1 Å². The second-order valence-corrected chi connectivity index (χ2v) is 4.99. The van der Waals surface area contributed by atoms with E-state index in [4.69, 9.17) is 5.73 Å². The number of nitrogens with one attached hydrogen (secondary N) is 1. The minimum Gasteiger partial charge on any atom is -0.351 e. The summed E-state index contributed by atoms with van der Waals surface area (Å²) in [6.07, 6.45) is 2.42. The van der Waals surface area contributed by atoms with E-state index >= 15 is 0 Å². The molecule has 0 aromatic carbocycles. The summed E-state index contributed by atoms with van der Waals surface area (Å²) in [5, 5.41) is 7.08. The summed E-state index contributed by atoms with van der Waals surface area (Å²) >= 11 is 0. The smallest absolute Gasteiger partial charge is 0.254 e. The summed E-state index contributed by atoms with van der Waals surface area (Å²) in [6.45, 7) is 9.17.